The molecule has 0 amide bonds. The Balaban J connectivity index is 1.20. The van der Waals surface area contributed by atoms with Crippen LogP contribution in [-0.2, 0) is 0 Å². The number of para-hydroxylation sites is 1. The van der Waals surface area contributed by atoms with Crippen molar-refractivity contribution in [3.05, 3.63) is 143 Å². The Kier molecular flexibility index (Phi) is 10.3. The zero-order chi connectivity index (χ0) is 33.5. The van der Waals surface area contributed by atoms with Crippen LogP contribution in [0.4, 0.5) is 20.4 Å². The maximum absolute atomic E-state index is 13.8. The standard InChI is InChI=1S/C37H35F2N7OS/c1-25-24-26(2)41-35(40-25)43-36(44-37(48)42-31-16-18-33(19-17-31)47-32-6-4-3-5-7-32)46-22-20-45(21-23-46)34(27-8-12-29(38)13-9-27)28-10-14-30(39)15-11-28/h3-19,24,34H,20-23H2,1-2H3,(H2,40,41,42,43,44,48). The number of thiocarbonyl (C=S) groups is 1. The van der Waals surface area contributed by atoms with E-state index in [1.54, 1.807) is 24.3 Å². The Morgan fingerprint density at radius 3 is 1.83 bits per heavy atom. The quantitative estimate of drug-likeness (QED) is 0.104. The summed E-state index contributed by atoms with van der Waals surface area (Å²) >= 11 is 5.69. The third-order valence-electron chi connectivity index (χ3n) is 7.85. The molecule has 1 saturated heterocycles. The molecule has 11 heteroatoms. The van der Waals surface area contributed by atoms with Crippen molar-refractivity contribution in [1.29, 1.82) is 0 Å². The number of nitrogens with zero attached hydrogens (tertiary/aromatic N) is 5. The molecule has 2 heterocycles. The molecule has 0 spiro atoms. The molecule has 0 saturated carbocycles. The van der Waals surface area contributed by atoms with Crippen LogP contribution in [0.5, 0.6) is 11.5 Å². The third kappa shape index (κ3) is 8.55. The third-order valence-corrected chi connectivity index (χ3v) is 8.04. The van der Waals surface area contributed by atoms with Gasteiger partial charge in [0.25, 0.3) is 0 Å². The second-order valence-corrected chi connectivity index (χ2v) is 11.8. The van der Waals surface area contributed by atoms with Gasteiger partial charge in [0.05, 0.1) is 6.04 Å². The number of ether oxygens (including phenoxy) is 1. The molecule has 1 aliphatic heterocycles. The van der Waals surface area contributed by atoms with Gasteiger partial charge in [-0.05, 0) is 104 Å². The summed E-state index contributed by atoms with van der Waals surface area (Å²) in [6, 6.07) is 31.8. The molecule has 0 bridgehead atoms. The lowest BCUT2D eigenvalue weighted by Crippen LogP contribution is -2.52. The number of benzene rings is 4. The van der Waals surface area contributed by atoms with Gasteiger partial charge in [-0.3, -0.25) is 10.2 Å². The van der Waals surface area contributed by atoms with Gasteiger partial charge in [0.15, 0.2) is 0 Å². The number of rotatable bonds is 7. The predicted molar refractivity (Wildman–Crippen MR) is 190 cm³/mol. The van der Waals surface area contributed by atoms with Gasteiger partial charge in [0, 0.05) is 43.3 Å². The van der Waals surface area contributed by atoms with Gasteiger partial charge in [-0.15, -0.1) is 0 Å². The van der Waals surface area contributed by atoms with Crippen LogP contribution in [-0.4, -0.2) is 57.0 Å². The van der Waals surface area contributed by atoms with E-state index in [9.17, 15) is 8.78 Å². The lowest BCUT2D eigenvalue weighted by atomic mass is 9.96. The monoisotopic (exact) mass is 663 g/mol. The fraction of sp³-hybridized carbons (Fsp3) is 0.189. The van der Waals surface area contributed by atoms with Crippen LogP contribution in [0.2, 0.25) is 0 Å². The summed E-state index contributed by atoms with van der Waals surface area (Å²) in [5.74, 6) is 1.79. The molecular weight excluding hydrogens is 629 g/mol. The molecule has 0 radical (unpaired) electrons. The minimum absolute atomic E-state index is 0.180. The molecule has 0 atom stereocenters. The summed E-state index contributed by atoms with van der Waals surface area (Å²) in [6.07, 6.45) is 0. The van der Waals surface area contributed by atoms with Crippen molar-refractivity contribution in [2.75, 3.05) is 36.8 Å². The van der Waals surface area contributed by atoms with E-state index in [1.807, 2.05) is 74.5 Å². The lowest BCUT2D eigenvalue weighted by molar-refractivity contribution is 0.150. The Morgan fingerprint density at radius 1 is 0.729 bits per heavy atom. The zero-order valence-corrected chi connectivity index (χ0v) is 27.4. The second-order valence-electron chi connectivity index (χ2n) is 11.4. The topological polar surface area (TPSA) is 77.9 Å². The summed E-state index contributed by atoms with van der Waals surface area (Å²) in [5, 5.41) is 6.77. The molecule has 244 valence electrons. The highest BCUT2D eigenvalue weighted by molar-refractivity contribution is 7.80. The van der Waals surface area contributed by atoms with Gasteiger partial charge < -0.3 is 15.0 Å². The molecule has 1 aliphatic rings. The minimum atomic E-state index is -0.303. The first-order valence-corrected chi connectivity index (χ1v) is 16.0. The number of nitrogens with one attached hydrogen (secondary N) is 2. The predicted octanol–water partition coefficient (Wildman–Crippen LogP) is 7.74. The minimum Gasteiger partial charge on any atom is -0.457 e. The lowest BCUT2D eigenvalue weighted by Gasteiger charge is -2.40. The SMILES string of the molecule is Cc1cc(C)nc(N/C(=N/C(=S)Nc2ccc(Oc3ccccc3)cc2)N2CCN(C(c3ccc(F)cc3)c3ccc(F)cc3)CC2)n1. The highest BCUT2D eigenvalue weighted by Gasteiger charge is 2.28. The van der Waals surface area contributed by atoms with E-state index >= 15 is 0 Å². The molecule has 0 aliphatic carbocycles. The van der Waals surface area contributed by atoms with Gasteiger partial charge in [-0.1, -0.05) is 42.5 Å². The van der Waals surface area contributed by atoms with E-state index in [-0.39, 0.29) is 22.8 Å². The normalized spacial score (nSPS) is 13.8. The van der Waals surface area contributed by atoms with Gasteiger partial charge in [0.2, 0.25) is 17.0 Å². The Labute approximate surface area is 284 Å². The number of anilines is 2. The van der Waals surface area contributed by atoms with E-state index in [0.29, 0.717) is 43.8 Å². The molecular formula is C37H35F2N7OS. The first kappa shape index (κ1) is 32.7. The number of aryl methyl sites for hydroxylation is 2. The first-order valence-electron chi connectivity index (χ1n) is 15.6. The molecule has 1 aromatic heterocycles. The van der Waals surface area contributed by atoms with E-state index in [0.717, 1.165) is 34.0 Å². The van der Waals surface area contributed by atoms with Gasteiger partial charge >= 0.3 is 0 Å². The molecule has 2 N–H and O–H groups in total. The fourth-order valence-electron chi connectivity index (χ4n) is 5.63. The summed E-state index contributed by atoms with van der Waals surface area (Å²) < 4.78 is 33.6. The average molecular weight is 664 g/mol. The number of aromatic nitrogens is 2. The van der Waals surface area contributed by atoms with Crippen LogP contribution in [0.25, 0.3) is 0 Å². The Hall–Kier alpha value is -5.26. The number of hydrogen-bond donors (Lipinski definition) is 2. The molecule has 5 aromatic rings. The summed E-state index contributed by atoms with van der Waals surface area (Å²) in [7, 11) is 0. The molecule has 1 fully saturated rings. The van der Waals surface area contributed by atoms with Crippen LogP contribution < -0.4 is 15.4 Å². The van der Waals surface area contributed by atoms with Gasteiger partial charge in [0.1, 0.15) is 23.1 Å². The Bertz CT molecular complexity index is 1800. The largest absolute Gasteiger partial charge is 0.457 e. The summed E-state index contributed by atoms with van der Waals surface area (Å²) in [5.41, 5.74) is 4.27. The fourth-order valence-corrected chi connectivity index (χ4v) is 5.84. The van der Waals surface area contributed by atoms with Crippen LogP contribution in [0.3, 0.4) is 0 Å². The Morgan fingerprint density at radius 2 is 1.27 bits per heavy atom. The smallest absolute Gasteiger partial charge is 0.229 e. The number of hydrogen-bond acceptors (Lipinski definition) is 5. The van der Waals surface area contributed by atoms with Crippen molar-refractivity contribution in [2.24, 2.45) is 4.99 Å². The molecule has 0 unspecified atom stereocenters. The summed E-state index contributed by atoms with van der Waals surface area (Å²) in [6.45, 7) is 6.33. The van der Waals surface area contributed by atoms with Crippen molar-refractivity contribution in [3.63, 3.8) is 0 Å². The number of aliphatic imine (C=N–C) groups is 1. The average Bonchev–Trinajstić information content (AvgIpc) is 3.07. The second kappa shape index (κ2) is 15.1. The highest BCUT2D eigenvalue weighted by Crippen LogP contribution is 2.30. The van der Waals surface area contributed by atoms with E-state index in [2.05, 4.69) is 30.4 Å². The zero-order valence-electron chi connectivity index (χ0n) is 26.6. The van der Waals surface area contributed by atoms with Gasteiger partial charge in [-0.2, -0.15) is 4.99 Å². The van der Waals surface area contributed by atoms with Crippen molar-refractivity contribution in [1.82, 2.24) is 19.8 Å². The van der Waals surface area contributed by atoms with Crippen LogP contribution >= 0.6 is 12.2 Å². The van der Waals surface area contributed by atoms with Crippen molar-refractivity contribution >= 4 is 34.9 Å². The van der Waals surface area contributed by atoms with E-state index in [4.69, 9.17) is 21.9 Å². The number of piperazine rings is 1. The molecule has 6 rings (SSSR count). The van der Waals surface area contributed by atoms with E-state index < -0.39 is 0 Å². The van der Waals surface area contributed by atoms with Crippen LogP contribution in [0.15, 0.2) is 114 Å². The maximum atomic E-state index is 13.8. The van der Waals surface area contributed by atoms with Crippen LogP contribution in [0.1, 0.15) is 28.6 Å². The number of guanidine groups is 1. The van der Waals surface area contributed by atoms with Crippen molar-refractivity contribution in [2.45, 2.75) is 19.9 Å². The van der Waals surface area contributed by atoms with E-state index in [1.165, 1.54) is 24.3 Å². The van der Waals surface area contributed by atoms with Crippen LogP contribution in [0, 0.1) is 25.5 Å². The maximum Gasteiger partial charge on any atom is 0.229 e. The highest BCUT2D eigenvalue weighted by atomic mass is 32.1. The molecule has 8 nitrogen and oxygen atoms in total. The first-order chi connectivity index (χ1) is 23.3. The van der Waals surface area contributed by atoms with Gasteiger partial charge in [-0.25, -0.2) is 18.7 Å². The molecule has 4 aromatic carbocycles. The van der Waals surface area contributed by atoms with Crippen molar-refractivity contribution in [3.8, 4) is 11.5 Å². The van der Waals surface area contributed by atoms with Crippen molar-refractivity contribution < 1.29 is 13.5 Å². The number of halogens is 2. The molecule has 48 heavy (non-hydrogen) atoms. The summed E-state index contributed by atoms with van der Waals surface area (Å²) in [4.78, 5) is 18.3.